The third-order valence-electron chi connectivity index (χ3n) is 2.95. The highest BCUT2D eigenvalue weighted by Gasteiger charge is 2.08. The summed E-state index contributed by atoms with van der Waals surface area (Å²) in [6.07, 6.45) is 2.67. The molecular formula is C14H21IN4OS. The zero-order valence-electron chi connectivity index (χ0n) is 12.5. The molecule has 5 nitrogen and oxygen atoms in total. The third-order valence-corrected chi connectivity index (χ3v) is 4.18. The molecule has 0 fully saturated rings. The van der Waals surface area contributed by atoms with Crippen LogP contribution in [0.4, 0.5) is 0 Å². The Bertz CT molecular complexity index is 553. The smallest absolute Gasteiger partial charge is 0.194 e. The highest BCUT2D eigenvalue weighted by molar-refractivity contribution is 14.0. The summed E-state index contributed by atoms with van der Waals surface area (Å²) >= 11 is 1.84. The molecule has 0 amide bonds. The van der Waals surface area contributed by atoms with Gasteiger partial charge in [-0.2, -0.15) is 0 Å². The molecule has 7 heteroatoms. The van der Waals surface area contributed by atoms with Crippen LogP contribution < -0.4 is 5.32 Å². The third kappa shape index (κ3) is 5.31. The number of aliphatic imine (C=N–C) groups is 1. The van der Waals surface area contributed by atoms with Crippen LogP contribution >= 0.6 is 35.3 Å². The lowest BCUT2D eigenvalue weighted by Crippen LogP contribution is -2.37. The van der Waals surface area contributed by atoms with Gasteiger partial charge in [-0.15, -0.1) is 35.3 Å². The van der Waals surface area contributed by atoms with Gasteiger partial charge < -0.3 is 14.7 Å². The fourth-order valence-corrected chi connectivity index (χ4v) is 2.79. The van der Waals surface area contributed by atoms with Crippen molar-refractivity contribution in [2.75, 3.05) is 14.1 Å². The normalized spacial score (nSPS) is 11.1. The molecule has 0 aromatic carbocycles. The molecular weight excluding hydrogens is 399 g/mol. The molecule has 2 aromatic rings. The number of nitrogens with one attached hydrogen (secondary N) is 1. The van der Waals surface area contributed by atoms with E-state index in [2.05, 4.69) is 34.5 Å². The van der Waals surface area contributed by atoms with Crippen LogP contribution in [0.1, 0.15) is 22.4 Å². The van der Waals surface area contributed by atoms with Crippen molar-refractivity contribution >= 4 is 41.3 Å². The molecule has 0 radical (unpaired) electrons. The molecule has 0 bridgehead atoms. The summed E-state index contributed by atoms with van der Waals surface area (Å²) in [6.45, 7) is 3.63. The second kappa shape index (κ2) is 9.04. The van der Waals surface area contributed by atoms with Crippen LogP contribution in [0.25, 0.3) is 0 Å². The van der Waals surface area contributed by atoms with Crippen LogP contribution in [0.2, 0.25) is 0 Å². The molecule has 0 saturated heterocycles. The Morgan fingerprint density at radius 3 is 2.71 bits per heavy atom. The van der Waals surface area contributed by atoms with Crippen molar-refractivity contribution in [1.82, 2.24) is 15.4 Å². The molecule has 0 atom stereocenters. The predicted octanol–water partition coefficient (Wildman–Crippen LogP) is 3.12. The molecule has 0 spiro atoms. The average Bonchev–Trinajstić information content (AvgIpc) is 3.10. The second-order valence-electron chi connectivity index (χ2n) is 4.47. The van der Waals surface area contributed by atoms with E-state index in [4.69, 9.17) is 4.52 Å². The number of hydrogen-bond donors (Lipinski definition) is 1. The summed E-state index contributed by atoms with van der Waals surface area (Å²) in [5, 5.41) is 7.27. The maximum atomic E-state index is 4.84. The minimum Gasteiger partial charge on any atom is -0.364 e. The highest BCUT2D eigenvalue weighted by Crippen LogP contribution is 2.16. The molecule has 2 aromatic heterocycles. The average molecular weight is 420 g/mol. The first-order valence-corrected chi connectivity index (χ1v) is 7.43. The Labute approximate surface area is 146 Å². The van der Waals surface area contributed by atoms with Gasteiger partial charge in [-0.25, -0.2) is 0 Å². The standard InChI is InChI=1S/C14H20N4OS.HI/c1-4-12-5-6-13(20-12)9-16-14(15-2)18(3)10-11-7-8-19-17-11;/h5-8H,4,9-10H2,1-3H3,(H,15,16);1H. The molecule has 0 unspecified atom stereocenters. The molecule has 21 heavy (non-hydrogen) atoms. The SMILES string of the molecule is CCc1ccc(CNC(=NC)N(C)Cc2ccon2)s1.I. The van der Waals surface area contributed by atoms with Crippen molar-refractivity contribution in [3.05, 3.63) is 39.9 Å². The maximum absolute atomic E-state index is 4.84. The topological polar surface area (TPSA) is 53.7 Å². The van der Waals surface area contributed by atoms with Gasteiger partial charge in [0, 0.05) is 29.9 Å². The van der Waals surface area contributed by atoms with Crippen LogP contribution in [0, 0.1) is 0 Å². The number of aromatic nitrogens is 1. The van der Waals surface area contributed by atoms with Gasteiger partial charge in [-0.05, 0) is 18.6 Å². The Kier molecular flexibility index (Phi) is 7.73. The van der Waals surface area contributed by atoms with Crippen molar-refractivity contribution in [3.63, 3.8) is 0 Å². The van der Waals surface area contributed by atoms with E-state index in [0.29, 0.717) is 6.54 Å². The van der Waals surface area contributed by atoms with E-state index in [1.165, 1.54) is 9.75 Å². The second-order valence-corrected chi connectivity index (χ2v) is 5.72. The summed E-state index contributed by atoms with van der Waals surface area (Å²) in [4.78, 5) is 9.04. The molecule has 0 aliphatic rings. The molecule has 1 N–H and O–H groups in total. The summed E-state index contributed by atoms with van der Waals surface area (Å²) < 4.78 is 4.84. The fourth-order valence-electron chi connectivity index (χ4n) is 1.90. The first-order valence-electron chi connectivity index (χ1n) is 6.61. The Hall–Kier alpha value is -1.09. The highest BCUT2D eigenvalue weighted by atomic mass is 127. The van der Waals surface area contributed by atoms with Crippen LogP contribution in [0.15, 0.2) is 34.0 Å². The number of hydrogen-bond acceptors (Lipinski definition) is 4. The summed E-state index contributed by atoms with van der Waals surface area (Å²) in [5.41, 5.74) is 0.889. The number of halogens is 1. The van der Waals surface area contributed by atoms with Crippen molar-refractivity contribution in [1.29, 1.82) is 0 Å². The lowest BCUT2D eigenvalue weighted by Gasteiger charge is -2.20. The van der Waals surface area contributed by atoms with Gasteiger partial charge in [0.2, 0.25) is 0 Å². The Balaban J connectivity index is 0.00000220. The summed E-state index contributed by atoms with van der Waals surface area (Å²) in [5.74, 6) is 0.847. The maximum Gasteiger partial charge on any atom is 0.194 e. The number of nitrogens with zero attached hydrogens (tertiary/aromatic N) is 3. The lowest BCUT2D eigenvalue weighted by atomic mass is 10.3. The van der Waals surface area contributed by atoms with E-state index in [-0.39, 0.29) is 24.0 Å². The largest absolute Gasteiger partial charge is 0.364 e. The molecule has 0 aliphatic heterocycles. The summed E-state index contributed by atoms with van der Waals surface area (Å²) in [6, 6.07) is 6.21. The molecule has 2 heterocycles. The number of aryl methyl sites for hydroxylation is 1. The van der Waals surface area contributed by atoms with E-state index < -0.39 is 0 Å². The van der Waals surface area contributed by atoms with Crippen LogP contribution in [-0.2, 0) is 19.5 Å². The molecule has 116 valence electrons. The zero-order chi connectivity index (χ0) is 14.4. The predicted molar refractivity (Wildman–Crippen MR) is 97.3 cm³/mol. The van der Waals surface area contributed by atoms with Crippen molar-refractivity contribution in [3.8, 4) is 0 Å². The van der Waals surface area contributed by atoms with Gasteiger partial charge in [0.25, 0.3) is 0 Å². The first kappa shape index (κ1) is 18.0. The van der Waals surface area contributed by atoms with E-state index in [1.54, 1.807) is 13.3 Å². The van der Waals surface area contributed by atoms with Crippen LogP contribution in [-0.4, -0.2) is 30.1 Å². The Morgan fingerprint density at radius 2 is 2.14 bits per heavy atom. The van der Waals surface area contributed by atoms with Gasteiger partial charge in [0.1, 0.15) is 12.0 Å². The minimum absolute atomic E-state index is 0. The van der Waals surface area contributed by atoms with Gasteiger partial charge in [0.05, 0.1) is 13.1 Å². The quantitative estimate of drug-likeness (QED) is 0.459. The van der Waals surface area contributed by atoms with E-state index in [1.807, 2.05) is 29.4 Å². The molecule has 0 saturated carbocycles. The monoisotopic (exact) mass is 420 g/mol. The summed E-state index contributed by atoms with van der Waals surface area (Å²) in [7, 11) is 3.77. The van der Waals surface area contributed by atoms with Crippen LogP contribution in [0.3, 0.4) is 0 Å². The van der Waals surface area contributed by atoms with Crippen molar-refractivity contribution in [2.24, 2.45) is 4.99 Å². The van der Waals surface area contributed by atoms with E-state index >= 15 is 0 Å². The van der Waals surface area contributed by atoms with Gasteiger partial charge in [-0.3, -0.25) is 4.99 Å². The Morgan fingerprint density at radius 1 is 1.38 bits per heavy atom. The molecule has 2 rings (SSSR count). The number of guanidine groups is 1. The fraction of sp³-hybridized carbons (Fsp3) is 0.429. The van der Waals surface area contributed by atoms with Crippen molar-refractivity contribution < 1.29 is 4.52 Å². The molecule has 0 aliphatic carbocycles. The zero-order valence-corrected chi connectivity index (χ0v) is 15.6. The number of thiophene rings is 1. The van der Waals surface area contributed by atoms with Crippen LogP contribution in [0.5, 0.6) is 0 Å². The van der Waals surface area contributed by atoms with Gasteiger partial charge in [-0.1, -0.05) is 12.1 Å². The van der Waals surface area contributed by atoms with E-state index in [0.717, 1.165) is 24.6 Å². The first-order chi connectivity index (χ1) is 9.72. The van der Waals surface area contributed by atoms with Crippen molar-refractivity contribution in [2.45, 2.75) is 26.4 Å². The van der Waals surface area contributed by atoms with Gasteiger partial charge >= 0.3 is 0 Å². The lowest BCUT2D eigenvalue weighted by molar-refractivity contribution is 0.391. The van der Waals surface area contributed by atoms with E-state index in [9.17, 15) is 0 Å². The minimum atomic E-state index is 0. The van der Waals surface area contributed by atoms with Gasteiger partial charge in [0.15, 0.2) is 5.96 Å². The number of rotatable bonds is 5.